The van der Waals surface area contributed by atoms with E-state index in [2.05, 4.69) is 63.7 Å². The minimum Gasteiger partial charge on any atom is -0.455 e. The van der Waals surface area contributed by atoms with Crippen molar-refractivity contribution in [2.75, 3.05) is 0 Å². The van der Waals surface area contributed by atoms with E-state index in [1.54, 1.807) is 0 Å². The normalized spacial score (nSPS) is 10.4. The first-order chi connectivity index (χ1) is 8.06. The van der Waals surface area contributed by atoms with Gasteiger partial charge in [0.25, 0.3) is 0 Å². The van der Waals surface area contributed by atoms with Crippen molar-refractivity contribution in [3.05, 3.63) is 54.3 Å². The SMILES string of the molecule is Brc1ccc(Oc2ccc(Br)cc2Br)c(Br)c1. The van der Waals surface area contributed by atoms with E-state index in [1.807, 2.05) is 36.4 Å². The zero-order chi connectivity index (χ0) is 12.4. The van der Waals surface area contributed by atoms with Crippen molar-refractivity contribution in [1.29, 1.82) is 0 Å². The van der Waals surface area contributed by atoms with Crippen molar-refractivity contribution in [1.82, 2.24) is 0 Å². The largest absolute Gasteiger partial charge is 0.455 e. The molecule has 5 heteroatoms. The third-order valence-corrected chi connectivity index (χ3v) is 4.23. The summed E-state index contributed by atoms with van der Waals surface area (Å²) < 4.78 is 9.64. The molecule has 0 aliphatic carbocycles. The lowest BCUT2D eigenvalue weighted by Gasteiger charge is -2.09. The van der Waals surface area contributed by atoms with Gasteiger partial charge in [0.05, 0.1) is 8.95 Å². The maximum Gasteiger partial charge on any atom is 0.141 e. The van der Waals surface area contributed by atoms with Crippen LogP contribution in [0.2, 0.25) is 0 Å². The molecule has 0 amide bonds. The molecule has 0 aliphatic heterocycles. The molecular formula is C12H6Br4O. The summed E-state index contributed by atoms with van der Waals surface area (Å²) in [5.74, 6) is 1.55. The lowest BCUT2D eigenvalue weighted by atomic mass is 10.3. The number of ether oxygens (including phenoxy) is 1. The van der Waals surface area contributed by atoms with Crippen LogP contribution in [0, 0.1) is 0 Å². The Bertz CT molecular complexity index is 505. The van der Waals surface area contributed by atoms with Gasteiger partial charge < -0.3 is 4.74 Å². The first-order valence-corrected chi connectivity index (χ1v) is 7.81. The first kappa shape index (κ1) is 13.6. The molecule has 0 spiro atoms. The molecule has 0 unspecified atom stereocenters. The van der Waals surface area contributed by atoms with Gasteiger partial charge >= 0.3 is 0 Å². The average molecular weight is 486 g/mol. The molecule has 0 N–H and O–H groups in total. The predicted octanol–water partition coefficient (Wildman–Crippen LogP) is 6.53. The van der Waals surface area contributed by atoms with Crippen molar-refractivity contribution in [2.45, 2.75) is 0 Å². The molecule has 0 aromatic heterocycles. The van der Waals surface area contributed by atoms with Gasteiger partial charge in [-0.05, 0) is 68.3 Å². The Morgan fingerprint density at radius 3 is 1.41 bits per heavy atom. The predicted molar refractivity (Wildman–Crippen MR) is 83.8 cm³/mol. The summed E-state index contributed by atoms with van der Waals surface area (Å²) in [6.07, 6.45) is 0. The van der Waals surface area contributed by atoms with Gasteiger partial charge in [0, 0.05) is 8.95 Å². The standard InChI is InChI=1S/C12H6Br4O/c13-7-1-3-11(9(15)5-7)17-12-4-2-8(14)6-10(12)16/h1-6H. The highest BCUT2D eigenvalue weighted by Gasteiger charge is 2.06. The zero-order valence-electron chi connectivity index (χ0n) is 8.38. The fourth-order valence-corrected chi connectivity index (χ4v) is 3.49. The van der Waals surface area contributed by atoms with Gasteiger partial charge in [-0.25, -0.2) is 0 Å². The van der Waals surface area contributed by atoms with Gasteiger partial charge in [-0.2, -0.15) is 0 Å². The summed E-state index contributed by atoms with van der Waals surface area (Å²) in [6.45, 7) is 0. The molecule has 0 heterocycles. The molecule has 0 fully saturated rings. The van der Waals surface area contributed by atoms with Crippen LogP contribution >= 0.6 is 63.7 Å². The number of rotatable bonds is 2. The highest BCUT2D eigenvalue weighted by Crippen LogP contribution is 2.36. The third-order valence-electron chi connectivity index (χ3n) is 2.01. The molecular weight excluding hydrogens is 480 g/mol. The van der Waals surface area contributed by atoms with E-state index in [0.29, 0.717) is 0 Å². The second-order valence-corrected chi connectivity index (χ2v) is 6.79. The Morgan fingerprint density at radius 2 is 1.06 bits per heavy atom. The second kappa shape index (κ2) is 5.87. The monoisotopic (exact) mass is 482 g/mol. The molecule has 0 atom stereocenters. The minimum atomic E-state index is 0.774. The van der Waals surface area contributed by atoms with Crippen molar-refractivity contribution in [3.8, 4) is 11.5 Å². The van der Waals surface area contributed by atoms with Gasteiger partial charge in [-0.15, -0.1) is 0 Å². The summed E-state index contributed by atoms with van der Waals surface area (Å²) >= 11 is 13.7. The lowest BCUT2D eigenvalue weighted by molar-refractivity contribution is 0.476. The summed E-state index contributed by atoms with van der Waals surface area (Å²) in [5.41, 5.74) is 0. The lowest BCUT2D eigenvalue weighted by Crippen LogP contribution is -1.86. The van der Waals surface area contributed by atoms with Crippen molar-refractivity contribution < 1.29 is 4.74 Å². The van der Waals surface area contributed by atoms with Crippen LogP contribution in [0.5, 0.6) is 11.5 Å². The van der Waals surface area contributed by atoms with Crippen molar-refractivity contribution in [3.63, 3.8) is 0 Å². The van der Waals surface area contributed by atoms with Gasteiger partial charge in [-0.3, -0.25) is 0 Å². The van der Waals surface area contributed by atoms with Crippen LogP contribution < -0.4 is 4.74 Å². The molecule has 0 saturated heterocycles. The van der Waals surface area contributed by atoms with Crippen LogP contribution in [0.1, 0.15) is 0 Å². The van der Waals surface area contributed by atoms with E-state index in [4.69, 9.17) is 4.74 Å². The fraction of sp³-hybridized carbons (Fsp3) is 0. The fourth-order valence-electron chi connectivity index (χ4n) is 1.23. The van der Waals surface area contributed by atoms with E-state index in [9.17, 15) is 0 Å². The van der Waals surface area contributed by atoms with Gasteiger partial charge in [0.15, 0.2) is 0 Å². The van der Waals surface area contributed by atoms with Crippen LogP contribution in [0.25, 0.3) is 0 Å². The van der Waals surface area contributed by atoms with Crippen LogP contribution in [0.3, 0.4) is 0 Å². The molecule has 2 rings (SSSR count). The summed E-state index contributed by atoms with van der Waals surface area (Å²) in [7, 11) is 0. The average Bonchev–Trinajstić information content (AvgIpc) is 2.25. The molecule has 2 aromatic carbocycles. The molecule has 88 valence electrons. The van der Waals surface area contributed by atoms with Gasteiger partial charge in [-0.1, -0.05) is 31.9 Å². The van der Waals surface area contributed by atoms with Crippen LogP contribution in [-0.4, -0.2) is 0 Å². The number of benzene rings is 2. The maximum absolute atomic E-state index is 5.81. The van der Waals surface area contributed by atoms with Crippen molar-refractivity contribution in [2.24, 2.45) is 0 Å². The topological polar surface area (TPSA) is 9.23 Å². The van der Waals surface area contributed by atoms with Gasteiger partial charge in [0.2, 0.25) is 0 Å². The van der Waals surface area contributed by atoms with Crippen molar-refractivity contribution >= 4 is 63.7 Å². The Balaban J connectivity index is 2.31. The molecule has 0 aliphatic rings. The van der Waals surface area contributed by atoms with E-state index in [-0.39, 0.29) is 0 Å². The molecule has 1 nitrogen and oxygen atoms in total. The Labute approximate surface area is 133 Å². The third kappa shape index (κ3) is 3.56. The number of hydrogen-bond donors (Lipinski definition) is 0. The maximum atomic E-state index is 5.81. The number of halogens is 4. The minimum absolute atomic E-state index is 0.774. The molecule has 0 saturated carbocycles. The molecule has 17 heavy (non-hydrogen) atoms. The quantitative estimate of drug-likeness (QED) is 0.470. The van der Waals surface area contributed by atoms with Gasteiger partial charge in [0.1, 0.15) is 11.5 Å². The first-order valence-electron chi connectivity index (χ1n) is 4.64. The Hall–Kier alpha value is 0.160. The molecule has 0 radical (unpaired) electrons. The van der Waals surface area contributed by atoms with E-state index in [0.717, 1.165) is 29.4 Å². The summed E-state index contributed by atoms with van der Waals surface area (Å²) in [5, 5.41) is 0. The zero-order valence-corrected chi connectivity index (χ0v) is 14.7. The highest BCUT2D eigenvalue weighted by molar-refractivity contribution is 9.11. The highest BCUT2D eigenvalue weighted by atomic mass is 79.9. The number of hydrogen-bond acceptors (Lipinski definition) is 1. The van der Waals surface area contributed by atoms with Crippen LogP contribution in [0.15, 0.2) is 54.3 Å². The van der Waals surface area contributed by atoms with E-state index in [1.165, 1.54) is 0 Å². The summed E-state index contributed by atoms with van der Waals surface area (Å²) in [4.78, 5) is 0. The molecule has 2 aromatic rings. The van der Waals surface area contributed by atoms with E-state index >= 15 is 0 Å². The van der Waals surface area contributed by atoms with Crippen LogP contribution in [-0.2, 0) is 0 Å². The summed E-state index contributed by atoms with van der Waals surface area (Å²) in [6, 6.07) is 11.6. The van der Waals surface area contributed by atoms with Crippen LogP contribution in [0.4, 0.5) is 0 Å². The van der Waals surface area contributed by atoms with E-state index < -0.39 is 0 Å². The second-order valence-electron chi connectivity index (χ2n) is 3.25. The Morgan fingerprint density at radius 1 is 0.647 bits per heavy atom. The Kier molecular flexibility index (Phi) is 4.69. The molecule has 0 bridgehead atoms. The smallest absolute Gasteiger partial charge is 0.141 e.